The van der Waals surface area contributed by atoms with Gasteiger partial charge in [0.05, 0.1) is 10.5 Å². The smallest absolute Gasteiger partial charge is 0.149 e. The van der Waals surface area contributed by atoms with Gasteiger partial charge in [0.1, 0.15) is 17.6 Å². The third-order valence-electron chi connectivity index (χ3n) is 3.41. The fraction of sp³-hybridized carbons (Fsp3) is 0.133. The molecule has 0 saturated heterocycles. The van der Waals surface area contributed by atoms with Crippen LogP contribution in [0, 0.1) is 5.82 Å². The zero-order valence-corrected chi connectivity index (χ0v) is 13.4. The van der Waals surface area contributed by atoms with Crippen molar-refractivity contribution in [3.05, 3.63) is 63.0 Å². The van der Waals surface area contributed by atoms with Crippen LogP contribution in [-0.4, -0.2) is 14.9 Å². The summed E-state index contributed by atoms with van der Waals surface area (Å²) in [5, 5.41) is 15.5. The first-order valence-electron chi connectivity index (χ1n) is 6.23. The number of aliphatic hydroxyl groups excluding tert-OH is 1. The van der Waals surface area contributed by atoms with Crippen LogP contribution >= 0.6 is 27.5 Å². The molecule has 2 aromatic carbocycles. The molecule has 1 unspecified atom stereocenters. The zero-order chi connectivity index (χ0) is 15.1. The van der Waals surface area contributed by atoms with Gasteiger partial charge < -0.3 is 5.11 Å². The van der Waals surface area contributed by atoms with E-state index in [4.69, 9.17) is 11.6 Å². The van der Waals surface area contributed by atoms with E-state index in [0.29, 0.717) is 10.2 Å². The minimum atomic E-state index is -1.18. The molecular weight excluding hydrogens is 359 g/mol. The summed E-state index contributed by atoms with van der Waals surface area (Å²) in [7, 11) is 1.78. The number of hydrogen-bond acceptors (Lipinski definition) is 2. The number of para-hydroxylation sites is 1. The minimum Gasteiger partial charge on any atom is -0.382 e. The molecular formula is C15H11BrClFN2O. The summed E-state index contributed by atoms with van der Waals surface area (Å²) in [6.45, 7) is 0. The highest BCUT2D eigenvalue weighted by molar-refractivity contribution is 9.10. The Hall–Kier alpha value is -1.43. The Morgan fingerprint density at radius 3 is 2.76 bits per heavy atom. The summed E-state index contributed by atoms with van der Waals surface area (Å²) in [5.74, 6) is -0.645. The molecule has 1 heterocycles. The maximum atomic E-state index is 14.2. The second-order valence-electron chi connectivity index (χ2n) is 4.69. The van der Waals surface area contributed by atoms with Crippen LogP contribution in [0.3, 0.4) is 0 Å². The van der Waals surface area contributed by atoms with Crippen LogP contribution < -0.4 is 0 Å². The van der Waals surface area contributed by atoms with Crippen molar-refractivity contribution < 1.29 is 9.50 Å². The largest absolute Gasteiger partial charge is 0.382 e. The molecule has 108 valence electrons. The number of aliphatic hydroxyl groups is 1. The molecule has 1 N–H and O–H groups in total. The molecule has 6 heteroatoms. The molecule has 0 amide bonds. The Bertz CT molecular complexity index is 834. The van der Waals surface area contributed by atoms with E-state index in [2.05, 4.69) is 21.0 Å². The van der Waals surface area contributed by atoms with Gasteiger partial charge >= 0.3 is 0 Å². The summed E-state index contributed by atoms with van der Waals surface area (Å²) in [6.07, 6.45) is -1.18. The average molecular weight is 370 g/mol. The molecule has 1 atom stereocenters. The lowest BCUT2D eigenvalue weighted by Gasteiger charge is -2.11. The highest BCUT2D eigenvalue weighted by Crippen LogP contribution is 2.34. The molecule has 0 spiro atoms. The van der Waals surface area contributed by atoms with Crippen molar-refractivity contribution in [3.8, 4) is 0 Å². The predicted molar refractivity (Wildman–Crippen MR) is 83.9 cm³/mol. The molecule has 3 rings (SSSR count). The van der Waals surface area contributed by atoms with E-state index in [9.17, 15) is 9.50 Å². The topological polar surface area (TPSA) is 38.0 Å². The lowest BCUT2D eigenvalue weighted by atomic mass is 10.0. The van der Waals surface area contributed by atoms with Crippen molar-refractivity contribution in [2.75, 3.05) is 0 Å². The van der Waals surface area contributed by atoms with Gasteiger partial charge in [-0.25, -0.2) is 4.39 Å². The maximum Gasteiger partial charge on any atom is 0.149 e. The van der Waals surface area contributed by atoms with Gasteiger partial charge in [-0.2, -0.15) is 5.10 Å². The first-order chi connectivity index (χ1) is 10.0. The van der Waals surface area contributed by atoms with Crippen LogP contribution in [0.2, 0.25) is 5.02 Å². The molecule has 21 heavy (non-hydrogen) atoms. The standard InChI is InChI=1S/C15H11BrClFN2O/c1-20-11-5-3-2-4-8(11)14(19-20)15(21)9-6-7-10(16)12(17)13(9)18/h2-7,15,21H,1H3. The highest BCUT2D eigenvalue weighted by atomic mass is 79.9. The lowest BCUT2D eigenvalue weighted by Crippen LogP contribution is -2.05. The molecule has 3 nitrogen and oxygen atoms in total. The second kappa shape index (κ2) is 5.40. The normalized spacial score (nSPS) is 12.8. The number of aryl methyl sites for hydroxylation is 1. The van der Waals surface area contributed by atoms with Gasteiger partial charge in [0, 0.05) is 22.5 Å². The number of benzene rings is 2. The third kappa shape index (κ3) is 2.35. The van der Waals surface area contributed by atoms with Gasteiger partial charge in [-0.1, -0.05) is 35.9 Å². The monoisotopic (exact) mass is 368 g/mol. The van der Waals surface area contributed by atoms with E-state index in [-0.39, 0.29) is 10.6 Å². The maximum absolute atomic E-state index is 14.2. The van der Waals surface area contributed by atoms with Crippen molar-refractivity contribution in [1.29, 1.82) is 0 Å². The number of fused-ring (bicyclic) bond motifs is 1. The summed E-state index contributed by atoms with van der Waals surface area (Å²) in [6, 6.07) is 10.6. The van der Waals surface area contributed by atoms with E-state index < -0.39 is 11.9 Å². The number of halogens is 3. The molecule has 0 radical (unpaired) electrons. The van der Waals surface area contributed by atoms with Crippen LogP contribution in [0.4, 0.5) is 4.39 Å². The second-order valence-corrected chi connectivity index (χ2v) is 5.93. The Morgan fingerprint density at radius 1 is 1.29 bits per heavy atom. The summed E-state index contributed by atoms with van der Waals surface area (Å²) < 4.78 is 16.4. The summed E-state index contributed by atoms with van der Waals surface area (Å²) in [5.41, 5.74) is 1.38. The lowest BCUT2D eigenvalue weighted by molar-refractivity contribution is 0.210. The van der Waals surface area contributed by atoms with Crippen LogP contribution in [0.25, 0.3) is 10.9 Å². The summed E-state index contributed by atoms with van der Waals surface area (Å²) >= 11 is 9.04. The van der Waals surface area contributed by atoms with Crippen LogP contribution in [0.5, 0.6) is 0 Å². The van der Waals surface area contributed by atoms with Crippen molar-refractivity contribution in [3.63, 3.8) is 0 Å². The van der Waals surface area contributed by atoms with E-state index >= 15 is 0 Å². The van der Waals surface area contributed by atoms with Gasteiger partial charge in [-0.05, 0) is 28.1 Å². The molecule has 0 saturated carbocycles. The van der Waals surface area contributed by atoms with Crippen molar-refractivity contribution in [1.82, 2.24) is 9.78 Å². The van der Waals surface area contributed by atoms with Gasteiger partial charge in [0.25, 0.3) is 0 Å². The first kappa shape index (κ1) is 14.5. The Labute approximate surface area is 134 Å². The third-order valence-corrected chi connectivity index (χ3v) is 4.66. The number of nitrogens with zero attached hydrogens (tertiary/aromatic N) is 2. The number of rotatable bonds is 2. The first-order valence-corrected chi connectivity index (χ1v) is 7.41. The van der Waals surface area contributed by atoms with Gasteiger partial charge in [0.2, 0.25) is 0 Å². The Morgan fingerprint density at radius 2 is 2.00 bits per heavy atom. The van der Waals surface area contributed by atoms with Crippen LogP contribution in [0.15, 0.2) is 40.9 Å². The van der Waals surface area contributed by atoms with Crippen molar-refractivity contribution >= 4 is 38.4 Å². The average Bonchev–Trinajstić information content (AvgIpc) is 2.82. The summed E-state index contributed by atoms with van der Waals surface area (Å²) in [4.78, 5) is 0. The quantitative estimate of drug-likeness (QED) is 0.687. The molecule has 3 aromatic rings. The molecule has 0 aliphatic heterocycles. The zero-order valence-electron chi connectivity index (χ0n) is 11.0. The fourth-order valence-corrected chi connectivity index (χ4v) is 2.82. The molecule has 0 fully saturated rings. The van der Waals surface area contributed by atoms with E-state index in [0.717, 1.165) is 10.9 Å². The predicted octanol–water partition coefficient (Wildman–Crippen LogP) is 4.21. The fourth-order valence-electron chi connectivity index (χ4n) is 2.34. The van der Waals surface area contributed by atoms with Crippen LogP contribution in [0.1, 0.15) is 17.4 Å². The van der Waals surface area contributed by atoms with Crippen LogP contribution in [-0.2, 0) is 7.05 Å². The van der Waals surface area contributed by atoms with Gasteiger partial charge in [-0.15, -0.1) is 0 Å². The molecule has 0 aliphatic carbocycles. The van der Waals surface area contributed by atoms with E-state index in [1.165, 1.54) is 6.07 Å². The molecule has 0 bridgehead atoms. The number of hydrogen-bond donors (Lipinski definition) is 1. The SMILES string of the molecule is Cn1nc(C(O)c2ccc(Br)c(Cl)c2F)c2ccccc21. The van der Waals surface area contributed by atoms with Gasteiger partial charge in [-0.3, -0.25) is 4.68 Å². The van der Waals surface area contributed by atoms with Gasteiger partial charge in [0.15, 0.2) is 0 Å². The molecule has 1 aromatic heterocycles. The van der Waals surface area contributed by atoms with Crippen molar-refractivity contribution in [2.45, 2.75) is 6.10 Å². The van der Waals surface area contributed by atoms with Crippen molar-refractivity contribution in [2.24, 2.45) is 7.05 Å². The van der Waals surface area contributed by atoms with E-state index in [1.807, 2.05) is 24.3 Å². The Kier molecular flexibility index (Phi) is 3.73. The number of aromatic nitrogens is 2. The van der Waals surface area contributed by atoms with E-state index in [1.54, 1.807) is 17.8 Å². The highest BCUT2D eigenvalue weighted by Gasteiger charge is 2.23. The Balaban J connectivity index is 2.17. The molecule has 0 aliphatic rings. The minimum absolute atomic E-state index is 0.0493.